The third kappa shape index (κ3) is 5.38. The van der Waals surface area contributed by atoms with Gasteiger partial charge in [0.05, 0.1) is 18.5 Å². The molecule has 2 heterocycles. The van der Waals surface area contributed by atoms with Crippen molar-refractivity contribution >= 4 is 28.7 Å². The Bertz CT molecular complexity index is 846. The SMILES string of the molecule is CC.CNCCN(C(=O)Cn1ccc2c(=O)[nH]c(N)nc21)C(CO)C(=O)CN. The van der Waals surface area contributed by atoms with Crippen molar-refractivity contribution in [3.05, 3.63) is 22.6 Å². The zero-order valence-electron chi connectivity index (χ0n) is 16.4. The highest BCUT2D eigenvalue weighted by Gasteiger charge is 2.28. The molecule has 0 aromatic carbocycles. The number of nitrogens with two attached hydrogens (primary N) is 2. The van der Waals surface area contributed by atoms with Crippen LogP contribution in [-0.4, -0.2) is 75.6 Å². The van der Waals surface area contributed by atoms with Crippen molar-refractivity contribution in [2.24, 2.45) is 5.73 Å². The first kappa shape index (κ1) is 23.3. The second kappa shape index (κ2) is 11.2. The average molecular weight is 395 g/mol. The van der Waals surface area contributed by atoms with Crippen molar-refractivity contribution in [1.29, 1.82) is 0 Å². The molecule has 1 amide bonds. The predicted octanol–water partition coefficient (Wildman–Crippen LogP) is -1.73. The topological polar surface area (TPSA) is 172 Å². The molecule has 28 heavy (non-hydrogen) atoms. The van der Waals surface area contributed by atoms with Gasteiger partial charge in [0.15, 0.2) is 5.78 Å². The minimum absolute atomic E-state index is 0.0616. The smallest absolute Gasteiger partial charge is 0.261 e. The number of hydrogen-bond donors (Lipinski definition) is 5. The molecule has 7 N–H and O–H groups in total. The third-order valence-electron chi connectivity index (χ3n) is 4.00. The zero-order chi connectivity index (χ0) is 21.3. The molecule has 2 aromatic heterocycles. The van der Waals surface area contributed by atoms with Crippen LogP contribution < -0.4 is 22.3 Å². The van der Waals surface area contributed by atoms with Gasteiger partial charge in [0.2, 0.25) is 11.9 Å². The summed E-state index contributed by atoms with van der Waals surface area (Å²) in [4.78, 5) is 44.3. The van der Waals surface area contributed by atoms with Gasteiger partial charge >= 0.3 is 0 Å². The molecule has 0 aliphatic carbocycles. The maximum atomic E-state index is 12.8. The predicted molar refractivity (Wildman–Crippen MR) is 107 cm³/mol. The molecule has 1 unspecified atom stereocenters. The molecule has 0 aliphatic rings. The lowest BCUT2D eigenvalue weighted by Gasteiger charge is -2.29. The van der Waals surface area contributed by atoms with Crippen LogP contribution in [-0.2, 0) is 16.1 Å². The Kier molecular flexibility index (Phi) is 9.28. The van der Waals surface area contributed by atoms with Crippen LogP contribution in [0, 0.1) is 0 Å². The Labute approximate surface area is 162 Å². The van der Waals surface area contributed by atoms with Crippen molar-refractivity contribution in [3.8, 4) is 0 Å². The Hall–Kier alpha value is -2.76. The molecule has 11 nitrogen and oxygen atoms in total. The number of carbonyl (C=O) groups is 2. The highest BCUT2D eigenvalue weighted by atomic mass is 16.3. The average Bonchev–Trinajstić information content (AvgIpc) is 3.08. The lowest BCUT2D eigenvalue weighted by molar-refractivity contribution is -0.141. The third-order valence-corrected chi connectivity index (χ3v) is 4.00. The monoisotopic (exact) mass is 395 g/mol. The first-order valence-electron chi connectivity index (χ1n) is 9.05. The maximum absolute atomic E-state index is 12.8. The number of nitrogens with one attached hydrogen (secondary N) is 2. The van der Waals surface area contributed by atoms with Gasteiger partial charge in [0.1, 0.15) is 18.2 Å². The minimum atomic E-state index is -1.02. The number of H-pyrrole nitrogens is 1. The summed E-state index contributed by atoms with van der Waals surface area (Å²) >= 11 is 0. The van der Waals surface area contributed by atoms with Crippen molar-refractivity contribution in [1.82, 2.24) is 24.8 Å². The second-order valence-electron chi connectivity index (χ2n) is 5.69. The first-order valence-corrected chi connectivity index (χ1v) is 9.05. The molecule has 0 radical (unpaired) electrons. The van der Waals surface area contributed by atoms with E-state index in [1.165, 1.54) is 15.5 Å². The minimum Gasteiger partial charge on any atom is -0.394 e. The van der Waals surface area contributed by atoms with E-state index in [2.05, 4.69) is 15.3 Å². The normalized spacial score (nSPS) is 11.6. The molecule has 0 saturated heterocycles. The first-order chi connectivity index (χ1) is 13.4. The van der Waals surface area contributed by atoms with Gasteiger partial charge in [-0.05, 0) is 13.1 Å². The van der Waals surface area contributed by atoms with E-state index in [1.807, 2.05) is 13.8 Å². The van der Waals surface area contributed by atoms with Crippen molar-refractivity contribution < 1.29 is 14.7 Å². The van der Waals surface area contributed by atoms with E-state index in [4.69, 9.17) is 11.5 Å². The van der Waals surface area contributed by atoms with Crippen LogP contribution in [0.2, 0.25) is 0 Å². The van der Waals surface area contributed by atoms with E-state index in [-0.39, 0.29) is 31.2 Å². The summed E-state index contributed by atoms with van der Waals surface area (Å²) in [6, 6.07) is 0.504. The molecule has 11 heteroatoms. The van der Waals surface area contributed by atoms with E-state index in [0.717, 1.165) is 0 Å². The van der Waals surface area contributed by atoms with Crippen LogP contribution in [0.25, 0.3) is 11.0 Å². The standard InChI is InChI=1S/C15H23N7O4.C2H6/c1-18-3-5-22(10(8-23)11(24)6-16)12(25)7-21-4-2-9-13(21)19-15(17)20-14(9)26;1-2/h2,4,10,18,23H,3,5-8,16H2,1H3,(H3,17,19,20,26);1-2H3. The van der Waals surface area contributed by atoms with Gasteiger partial charge in [0, 0.05) is 19.3 Å². The number of nitrogen functional groups attached to an aromatic ring is 1. The Morgan fingerprint density at radius 2 is 2.11 bits per heavy atom. The maximum Gasteiger partial charge on any atom is 0.261 e. The number of nitrogens with zero attached hydrogens (tertiary/aromatic N) is 3. The van der Waals surface area contributed by atoms with Crippen molar-refractivity contribution in [3.63, 3.8) is 0 Å². The summed E-state index contributed by atoms with van der Waals surface area (Å²) in [6.07, 6.45) is 1.54. The highest BCUT2D eigenvalue weighted by Crippen LogP contribution is 2.11. The van der Waals surface area contributed by atoms with Gasteiger partial charge in [-0.15, -0.1) is 0 Å². The number of aliphatic hydroxyl groups is 1. The number of Topliss-reactive ketones (excluding diaryl/α,β-unsaturated/α-hetero) is 1. The van der Waals surface area contributed by atoms with Crippen molar-refractivity contribution in [2.75, 3.05) is 39.0 Å². The van der Waals surface area contributed by atoms with Gasteiger partial charge in [-0.1, -0.05) is 13.8 Å². The fourth-order valence-corrected chi connectivity index (χ4v) is 2.65. The molecular formula is C17H29N7O4. The fraction of sp³-hybridized carbons (Fsp3) is 0.529. The van der Waals surface area contributed by atoms with Crippen LogP contribution in [0.3, 0.4) is 0 Å². The summed E-state index contributed by atoms with van der Waals surface area (Å²) in [5.74, 6) is -0.916. The molecular weight excluding hydrogens is 366 g/mol. The molecule has 156 valence electrons. The summed E-state index contributed by atoms with van der Waals surface area (Å²) in [5.41, 5.74) is 10.8. The van der Waals surface area contributed by atoms with Gasteiger partial charge < -0.3 is 31.4 Å². The van der Waals surface area contributed by atoms with Crippen LogP contribution >= 0.6 is 0 Å². The number of aliphatic hydroxyl groups excluding tert-OH is 1. The lowest BCUT2D eigenvalue weighted by Crippen LogP contribution is -2.52. The van der Waals surface area contributed by atoms with E-state index in [9.17, 15) is 19.5 Å². The number of fused-ring (bicyclic) bond motifs is 1. The van der Waals surface area contributed by atoms with E-state index in [0.29, 0.717) is 11.9 Å². The van der Waals surface area contributed by atoms with Crippen LogP contribution in [0.1, 0.15) is 13.8 Å². The van der Waals surface area contributed by atoms with Gasteiger partial charge in [-0.3, -0.25) is 19.4 Å². The number of hydrogen-bond acceptors (Lipinski definition) is 8. The summed E-state index contributed by atoms with van der Waals surface area (Å²) in [7, 11) is 1.71. The number of amides is 1. The molecule has 2 rings (SSSR count). The summed E-state index contributed by atoms with van der Waals surface area (Å²) in [6.45, 7) is 3.66. The number of carbonyl (C=O) groups excluding carboxylic acids is 2. The quantitative estimate of drug-likeness (QED) is 0.333. The van der Waals surface area contributed by atoms with E-state index < -0.39 is 29.9 Å². The van der Waals surface area contributed by atoms with E-state index >= 15 is 0 Å². The van der Waals surface area contributed by atoms with Gasteiger partial charge in [-0.2, -0.15) is 4.98 Å². The fourth-order valence-electron chi connectivity index (χ4n) is 2.65. The molecule has 2 aromatic rings. The Morgan fingerprint density at radius 3 is 2.68 bits per heavy atom. The Morgan fingerprint density at radius 1 is 1.43 bits per heavy atom. The summed E-state index contributed by atoms with van der Waals surface area (Å²) in [5, 5.41) is 12.7. The lowest BCUT2D eigenvalue weighted by atomic mass is 10.1. The number of likely N-dealkylation sites (N-methyl/N-ethyl adjacent to an activating group) is 1. The highest BCUT2D eigenvalue weighted by molar-refractivity contribution is 5.90. The number of rotatable bonds is 9. The van der Waals surface area contributed by atoms with Gasteiger partial charge in [-0.25, -0.2) is 0 Å². The molecule has 0 fully saturated rings. The molecule has 1 atom stereocenters. The zero-order valence-corrected chi connectivity index (χ0v) is 16.4. The number of anilines is 1. The number of ketones is 1. The summed E-state index contributed by atoms with van der Waals surface area (Å²) < 4.78 is 1.47. The largest absolute Gasteiger partial charge is 0.394 e. The van der Waals surface area contributed by atoms with Gasteiger partial charge in [0.25, 0.3) is 5.56 Å². The van der Waals surface area contributed by atoms with Crippen LogP contribution in [0.15, 0.2) is 17.1 Å². The Balaban J connectivity index is 0.00000190. The molecule has 0 spiro atoms. The number of aromatic nitrogens is 3. The van der Waals surface area contributed by atoms with E-state index in [1.54, 1.807) is 13.2 Å². The van der Waals surface area contributed by atoms with Crippen LogP contribution in [0.5, 0.6) is 0 Å². The molecule has 0 aliphatic heterocycles. The van der Waals surface area contributed by atoms with Crippen molar-refractivity contribution in [2.45, 2.75) is 26.4 Å². The van der Waals surface area contributed by atoms with Crippen LogP contribution in [0.4, 0.5) is 5.95 Å². The molecule has 0 bridgehead atoms. The molecule has 0 saturated carbocycles. The number of aromatic amines is 1. The second-order valence-corrected chi connectivity index (χ2v) is 5.69.